The Hall–Kier alpha value is -1.53. The molecule has 0 radical (unpaired) electrons. The lowest BCUT2D eigenvalue weighted by Crippen LogP contribution is -1.96. The summed E-state index contributed by atoms with van der Waals surface area (Å²) in [6, 6.07) is 1.78. The van der Waals surface area contributed by atoms with Crippen LogP contribution in [0.4, 0.5) is 8.78 Å². The van der Waals surface area contributed by atoms with Crippen molar-refractivity contribution in [1.82, 2.24) is 10.1 Å². The first-order chi connectivity index (χ1) is 8.52. The number of hydrogen-bond donors (Lipinski definition) is 0. The Kier molecular flexibility index (Phi) is 3.58. The molecule has 0 amide bonds. The summed E-state index contributed by atoms with van der Waals surface area (Å²) < 4.78 is 36.0. The molecule has 18 heavy (non-hydrogen) atoms. The van der Waals surface area contributed by atoms with E-state index in [2.05, 4.69) is 10.1 Å². The van der Waals surface area contributed by atoms with E-state index in [4.69, 9.17) is 20.9 Å². The Morgan fingerprint density at radius 3 is 2.67 bits per heavy atom. The van der Waals surface area contributed by atoms with Gasteiger partial charge < -0.3 is 9.26 Å². The van der Waals surface area contributed by atoms with E-state index in [9.17, 15) is 8.78 Å². The summed E-state index contributed by atoms with van der Waals surface area (Å²) in [5, 5.41) is 3.65. The fourth-order valence-corrected chi connectivity index (χ4v) is 1.54. The van der Waals surface area contributed by atoms with E-state index in [1.54, 1.807) is 6.92 Å². The van der Waals surface area contributed by atoms with Crippen LogP contribution in [0.5, 0.6) is 0 Å². The second-order valence-corrected chi connectivity index (χ2v) is 3.99. The highest BCUT2D eigenvalue weighted by atomic mass is 35.5. The van der Waals surface area contributed by atoms with Crippen LogP contribution < -0.4 is 0 Å². The summed E-state index contributed by atoms with van der Waals surface area (Å²) >= 11 is 5.80. The standard InChI is InChI=1S/C11H9ClF2N2O2/c1-5(17-2)11-15-10(16-18-11)6-3-8(13)9(14)4-7(6)12/h3-5H,1-2H3/t5-/m1/s1. The van der Waals surface area contributed by atoms with Gasteiger partial charge in [0.25, 0.3) is 5.89 Å². The van der Waals surface area contributed by atoms with E-state index in [1.165, 1.54) is 7.11 Å². The topological polar surface area (TPSA) is 48.2 Å². The van der Waals surface area contributed by atoms with Crippen molar-refractivity contribution >= 4 is 11.6 Å². The second kappa shape index (κ2) is 4.99. The number of nitrogens with zero attached hydrogens (tertiary/aromatic N) is 2. The minimum absolute atomic E-state index is 0.00585. The molecule has 0 saturated heterocycles. The van der Waals surface area contributed by atoms with Gasteiger partial charge in [-0.05, 0) is 19.1 Å². The van der Waals surface area contributed by atoms with Crippen LogP contribution in [0.1, 0.15) is 18.9 Å². The summed E-state index contributed by atoms with van der Waals surface area (Å²) in [4.78, 5) is 4.01. The Labute approximate surface area is 107 Å². The summed E-state index contributed by atoms with van der Waals surface area (Å²) in [6.45, 7) is 1.71. The second-order valence-electron chi connectivity index (χ2n) is 3.58. The molecule has 0 spiro atoms. The van der Waals surface area contributed by atoms with Gasteiger partial charge in [-0.25, -0.2) is 8.78 Å². The van der Waals surface area contributed by atoms with Gasteiger partial charge in [-0.2, -0.15) is 4.98 Å². The van der Waals surface area contributed by atoms with Crippen LogP contribution >= 0.6 is 11.6 Å². The van der Waals surface area contributed by atoms with E-state index in [1.807, 2.05) is 0 Å². The normalized spacial score (nSPS) is 12.7. The lowest BCUT2D eigenvalue weighted by molar-refractivity contribution is 0.0886. The van der Waals surface area contributed by atoms with Crippen molar-refractivity contribution in [2.75, 3.05) is 7.11 Å². The molecule has 0 saturated carbocycles. The fourth-order valence-electron chi connectivity index (χ4n) is 1.30. The first-order valence-corrected chi connectivity index (χ1v) is 5.42. The zero-order valence-electron chi connectivity index (χ0n) is 9.58. The Morgan fingerprint density at radius 1 is 1.33 bits per heavy atom. The molecule has 96 valence electrons. The van der Waals surface area contributed by atoms with Crippen molar-refractivity contribution < 1.29 is 18.0 Å². The molecule has 0 aliphatic carbocycles. The van der Waals surface area contributed by atoms with Crippen molar-refractivity contribution in [3.05, 3.63) is 34.7 Å². The van der Waals surface area contributed by atoms with Gasteiger partial charge in [-0.3, -0.25) is 0 Å². The van der Waals surface area contributed by atoms with E-state index in [-0.39, 0.29) is 22.3 Å². The van der Waals surface area contributed by atoms with Gasteiger partial charge in [0.2, 0.25) is 5.82 Å². The van der Waals surface area contributed by atoms with Gasteiger partial charge in [-0.1, -0.05) is 16.8 Å². The van der Waals surface area contributed by atoms with Crippen LogP contribution in [-0.2, 0) is 4.74 Å². The third kappa shape index (κ3) is 2.34. The maximum atomic E-state index is 13.1. The van der Waals surface area contributed by atoms with Crippen molar-refractivity contribution in [3.8, 4) is 11.4 Å². The van der Waals surface area contributed by atoms with E-state index in [0.29, 0.717) is 0 Å². The quantitative estimate of drug-likeness (QED) is 0.805. The Balaban J connectivity index is 2.43. The maximum Gasteiger partial charge on any atom is 0.255 e. The van der Waals surface area contributed by atoms with Crippen molar-refractivity contribution in [3.63, 3.8) is 0 Å². The molecule has 0 N–H and O–H groups in total. The summed E-state index contributed by atoms with van der Waals surface area (Å²) in [7, 11) is 1.49. The van der Waals surface area contributed by atoms with Gasteiger partial charge in [-0.15, -0.1) is 0 Å². The third-order valence-corrected chi connectivity index (χ3v) is 2.71. The highest BCUT2D eigenvalue weighted by Gasteiger charge is 2.18. The lowest BCUT2D eigenvalue weighted by Gasteiger charge is -2.01. The number of aromatic nitrogens is 2. The molecule has 1 heterocycles. The number of hydrogen-bond acceptors (Lipinski definition) is 4. The number of ether oxygens (including phenoxy) is 1. The summed E-state index contributed by atoms with van der Waals surface area (Å²) in [5.41, 5.74) is 0.161. The molecular weight excluding hydrogens is 266 g/mol. The van der Waals surface area contributed by atoms with Gasteiger partial charge >= 0.3 is 0 Å². The summed E-state index contributed by atoms with van der Waals surface area (Å²) in [5.74, 6) is -1.75. The zero-order chi connectivity index (χ0) is 13.3. The Bertz CT molecular complexity index is 574. The average molecular weight is 275 g/mol. The number of halogens is 3. The molecule has 0 aliphatic rings. The predicted molar refractivity (Wildman–Crippen MR) is 60.1 cm³/mol. The Morgan fingerprint density at radius 2 is 2.00 bits per heavy atom. The van der Waals surface area contributed by atoms with Gasteiger partial charge in [0, 0.05) is 12.7 Å². The van der Waals surface area contributed by atoms with E-state index in [0.717, 1.165) is 12.1 Å². The number of rotatable bonds is 3. The molecule has 0 fully saturated rings. The zero-order valence-corrected chi connectivity index (χ0v) is 10.3. The minimum Gasteiger partial charge on any atom is -0.372 e. The molecule has 2 rings (SSSR count). The SMILES string of the molecule is CO[C@H](C)c1nc(-c2cc(F)c(F)cc2Cl)no1. The van der Waals surface area contributed by atoms with E-state index < -0.39 is 17.7 Å². The van der Waals surface area contributed by atoms with Crippen LogP contribution in [-0.4, -0.2) is 17.3 Å². The van der Waals surface area contributed by atoms with E-state index >= 15 is 0 Å². The van der Waals surface area contributed by atoms with Crippen LogP contribution in [0, 0.1) is 11.6 Å². The molecule has 1 aromatic carbocycles. The molecule has 0 bridgehead atoms. The maximum absolute atomic E-state index is 13.1. The van der Waals surface area contributed by atoms with Crippen LogP contribution in [0.2, 0.25) is 5.02 Å². The molecule has 2 aromatic rings. The molecule has 1 aromatic heterocycles. The number of benzene rings is 1. The van der Waals surface area contributed by atoms with Crippen molar-refractivity contribution in [1.29, 1.82) is 0 Å². The first-order valence-electron chi connectivity index (χ1n) is 5.04. The fraction of sp³-hybridized carbons (Fsp3) is 0.273. The summed E-state index contributed by atoms with van der Waals surface area (Å²) in [6.07, 6.45) is -0.393. The van der Waals surface area contributed by atoms with Crippen molar-refractivity contribution in [2.24, 2.45) is 0 Å². The molecule has 4 nitrogen and oxygen atoms in total. The smallest absolute Gasteiger partial charge is 0.255 e. The van der Waals surface area contributed by atoms with Gasteiger partial charge in [0.15, 0.2) is 11.6 Å². The van der Waals surface area contributed by atoms with Crippen LogP contribution in [0.25, 0.3) is 11.4 Å². The molecule has 1 atom stereocenters. The molecule has 0 unspecified atom stereocenters. The highest BCUT2D eigenvalue weighted by Crippen LogP contribution is 2.29. The first kappa shape index (κ1) is 12.9. The molecule has 0 aliphatic heterocycles. The monoisotopic (exact) mass is 274 g/mol. The molecular formula is C11H9ClF2N2O2. The molecule has 7 heteroatoms. The van der Waals surface area contributed by atoms with Gasteiger partial charge in [0.05, 0.1) is 5.02 Å². The third-order valence-electron chi connectivity index (χ3n) is 2.39. The predicted octanol–water partition coefficient (Wildman–Crippen LogP) is 3.38. The van der Waals surface area contributed by atoms with Crippen molar-refractivity contribution in [2.45, 2.75) is 13.0 Å². The lowest BCUT2D eigenvalue weighted by atomic mass is 10.2. The van der Waals surface area contributed by atoms with Crippen LogP contribution in [0.3, 0.4) is 0 Å². The average Bonchev–Trinajstić information content (AvgIpc) is 2.82. The van der Waals surface area contributed by atoms with Crippen LogP contribution in [0.15, 0.2) is 16.7 Å². The number of methoxy groups -OCH3 is 1. The largest absolute Gasteiger partial charge is 0.372 e. The minimum atomic E-state index is -1.03. The highest BCUT2D eigenvalue weighted by molar-refractivity contribution is 6.33. The van der Waals surface area contributed by atoms with Gasteiger partial charge in [0.1, 0.15) is 6.10 Å².